The summed E-state index contributed by atoms with van der Waals surface area (Å²) < 4.78 is 4.15. The monoisotopic (exact) mass is 471 g/mol. The molecule has 2 aromatic carbocycles. The SMILES string of the molecule is Cc1cc2[nH]nc(-c3c(-c4ccc5c(cnn5C)c4)nn(C4CC5(CNC5)C4)c3C)c2cc1Cl. The van der Waals surface area contributed by atoms with Crippen LogP contribution in [0.1, 0.15) is 30.1 Å². The topological polar surface area (TPSA) is 76.3 Å². The van der Waals surface area contributed by atoms with Crippen molar-refractivity contribution in [1.29, 1.82) is 0 Å². The fraction of sp³-hybridized carbons (Fsp3) is 0.346. The molecule has 2 aliphatic rings. The van der Waals surface area contributed by atoms with E-state index in [2.05, 4.69) is 51.4 Å². The maximum Gasteiger partial charge on any atom is 0.104 e. The van der Waals surface area contributed by atoms with E-state index in [4.69, 9.17) is 21.8 Å². The van der Waals surface area contributed by atoms with Gasteiger partial charge in [0.05, 0.1) is 28.8 Å². The first-order valence-corrected chi connectivity index (χ1v) is 12.2. The Bertz CT molecular complexity index is 1590. The van der Waals surface area contributed by atoms with Gasteiger partial charge in [-0.15, -0.1) is 0 Å². The van der Waals surface area contributed by atoms with E-state index in [1.807, 2.05) is 30.9 Å². The number of aromatic nitrogens is 6. The van der Waals surface area contributed by atoms with Crippen molar-refractivity contribution in [3.63, 3.8) is 0 Å². The molecule has 5 aromatic rings. The number of aromatic amines is 1. The van der Waals surface area contributed by atoms with Crippen molar-refractivity contribution in [2.75, 3.05) is 13.1 Å². The van der Waals surface area contributed by atoms with E-state index in [9.17, 15) is 0 Å². The highest BCUT2D eigenvalue weighted by molar-refractivity contribution is 6.32. The van der Waals surface area contributed by atoms with Crippen molar-refractivity contribution in [2.24, 2.45) is 12.5 Å². The number of halogens is 1. The van der Waals surface area contributed by atoms with E-state index in [0.717, 1.165) is 73.7 Å². The molecule has 172 valence electrons. The van der Waals surface area contributed by atoms with Gasteiger partial charge in [0.1, 0.15) is 11.4 Å². The van der Waals surface area contributed by atoms with Gasteiger partial charge in [-0.2, -0.15) is 15.3 Å². The number of nitrogens with one attached hydrogen (secondary N) is 2. The maximum absolute atomic E-state index is 6.53. The summed E-state index contributed by atoms with van der Waals surface area (Å²) in [5, 5.41) is 24.0. The van der Waals surface area contributed by atoms with Crippen LogP contribution in [0, 0.1) is 19.3 Å². The highest BCUT2D eigenvalue weighted by Gasteiger charge is 2.50. The minimum absolute atomic E-state index is 0.424. The van der Waals surface area contributed by atoms with Crippen molar-refractivity contribution in [3.8, 4) is 22.5 Å². The Morgan fingerprint density at radius 1 is 1.09 bits per heavy atom. The molecule has 1 saturated heterocycles. The van der Waals surface area contributed by atoms with Gasteiger partial charge in [0.2, 0.25) is 0 Å². The molecule has 34 heavy (non-hydrogen) atoms. The van der Waals surface area contributed by atoms with Crippen molar-refractivity contribution in [3.05, 3.63) is 52.8 Å². The van der Waals surface area contributed by atoms with E-state index < -0.39 is 0 Å². The summed E-state index contributed by atoms with van der Waals surface area (Å²) in [6.45, 7) is 6.45. The lowest BCUT2D eigenvalue weighted by molar-refractivity contribution is 0.00164. The molecule has 8 heteroatoms. The lowest BCUT2D eigenvalue weighted by atomic mass is 9.61. The second kappa shape index (κ2) is 6.93. The van der Waals surface area contributed by atoms with Crippen molar-refractivity contribution >= 4 is 33.4 Å². The summed E-state index contributed by atoms with van der Waals surface area (Å²) in [6.07, 6.45) is 4.26. The fourth-order valence-corrected chi connectivity index (χ4v) is 6.05. The summed E-state index contributed by atoms with van der Waals surface area (Å²) in [5.41, 5.74) is 8.76. The largest absolute Gasteiger partial charge is 0.316 e. The highest BCUT2D eigenvalue weighted by atomic mass is 35.5. The quantitative estimate of drug-likeness (QED) is 0.380. The molecule has 4 heterocycles. The molecule has 0 bridgehead atoms. The van der Waals surface area contributed by atoms with Gasteiger partial charge in [-0.05, 0) is 61.9 Å². The van der Waals surface area contributed by atoms with Gasteiger partial charge >= 0.3 is 0 Å². The van der Waals surface area contributed by atoms with E-state index >= 15 is 0 Å². The number of benzene rings is 2. The highest BCUT2D eigenvalue weighted by Crippen LogP contribution is 2.52. The number of fused-ring (bicyclic) bond motifs is 2. The predicted molar refractivity (Wildman–Crippen MR) is 135 cm³/mol. The van der Waals surface area contributed by atoms with E-state index in [1.54, 1.807) is 0 Å². The summed E-state index contributed by atoms with van der Waals surface area (Å²) in [4.78, 5) is 0. The molecule has 2 fully saturated rings. The van der Waals surface area contributed by atoms with Gasteiger partial charge in [-0.3, -0.25) is 14.5 Å². The molecule has 1 aliphatic heterocycles. The molecule has 3 aromatic heterocycles. The van der Waals surface area contributed by atoms with Crippen LogP contribution in [0.25, 0.3) is 44.3 Å². The molecule has 0 atom stereocenters. The Morgan fingerprint density at radius 2 is 1.91 bits per heavy atom. The number of hydrogen-bond donors (Lipinski definition) is 2. The third-order valence-electron chi connectivity index (χ3n) is 7.93. The molecule has 1 spiro atoms. The second-order valence-corrected chi connectivity index (χ2v) is 10.6. The van der Waals surface area contributed by atoms with Crippen LogP contribution in [-0.2, 0) is 7.05 Å². The zero-order valence-electron chi connectivity index (χ0n) is 19.5. The number of H-pyrrole nitrogens is 1. The lowest BCUT2D eigenvalue weighted by Gasteiger charge is -2.54. The first-order chi connectivity index (χ1) is 16.4. The van der Waals surface area contributed by atoms with Crippen LogP contribution in [0.2, 0.25) is 5.02 Å². The smallest absolute Gasteiger partial charge is 0.104 e. The molecule has 7 rings (SSSR count). The van der Waals surface area contributed by atoms with E-state index in [-0.39, 0.29) is 0 Å². The van der Waals surface area contributed by atoms with Gasteiger partial charge in [0.15, 0.2) is 0 Å². The average molecular weight is 472 g/mol. The van der Waals surface area contributed by atoms with Crippen LogP contribution >= 0.6 is 11.6 Å². The van der Waals surface area contributed by atoms with Crippen molar-refractivity contribution < 1.29 is 0 Å². The average Bonchev–Trinajstić information content (AvgIpc) is 3.42. The van der Waals surface area contributed by atoms with Gasteiger partial charge in [-0.1, -0.05) is 17.7 Å². The third kappa shape index (κ3) is 2.77. The van der Waals surface area contributed by atoms with Crippen LogP contribution in [0.3, 0.4) is 0 Å². The Balaban J connectivity index is 1.43. The second-order valence-electron chi connectivity index (χ2n) is 10.2. The van der Waals surface area contributed by atoms with Gasteiger partial charge in [0, 0.05) is 47.2 Å². The normalized spacial score (nSPS) is 17.5. The Morgan fingerprint density at radius 3 is 2.68 bits per heavy atom. The Kier molecular flexibility index (Phi) is 4.12. The van der Waals surface area contributed by atoms with Crippen molar-refractivity contribution in [1.82, 2.24) is 35.1 Å². The van der Waals surface area contributed by atoms with Gasteiger partial charge in [-0.25, -0.2) is 0 Å². The number of rotatable bonds is 3. The first kappa shape index (κ1) is 20.2. The number of hydrogen-bond acceptors (Lipinski definition) is 4. The van der Waals surface area contributed by atoms with Crippen LogP contribution in [-0.4, -0.2) is 42.8 Å². The standard InChI is InChI=1S/C26H26ClN7/c1-14-6-21-19(8-20(14)27)25(31-30-21)23-15(2)34(18-9-26(10-18)12-28-13-26)32-24(23)16-4-5-22-17(7-16)11-29-33(22)3/h4-8,11,18,28H,9-10,12-13H2,1-3H3,(H,30,31). The molecule has 1 saturated carbocycles. The van der Waals surface area contributed by atoms with Gasteiger partial charge in [0.25, 0.3) is 0 Å². The minimum atomic E-state index is 0.424. The van der Waals surface area contributed by atoms with Crippen molar-refractivity contribution in [2.45, 2.75) is 32.7 Å². The predicted octanol–water partition coefficient (Wildman–Crippen LogP) is 5.17. The summed E-state index contributed by atoms with van der Waals surface area (Å²) in [6, 6.07) is 11.0. The number of aryl methyl sites for hydroxylation is 2. The Labute approximate surface area is 202 Å². The molecular formula is C26H26ClN7. The molecule has 0 amide bonds. The minimum Gasteiger partial charge on any atom is -0.316 e. The molecular weight excluding hydrogens is 446 g/mol. The zero-order chi connectivity index (χ0) is 23.2. The lowest BCUT2D eigenvalue weighted by Crippen LogP contribution is -2.60. The first-order valence-electron chi connectivity index (χ1n) is 11.8. The summed E-state index contributed by atoms with van der Waals surface area (Å²) in [5.74, 6) is 0. The molecule has 2 N–H and O–H groups in total. The Hall–Kier alpha value is -3.16. The van der Waals surface area contributed by atoms with Gasteiger partial charge < -0.3 is 5.32 Å². The summed E-state index contributed by atoms with van der Waals surface area (Å²) in [7, 11) is 1.97. The van der Waals surface area contributed by atoms with Crippen LogP contribution in [0.15, 0.2) is 36.5 Å². The van der Waals surface area contributed by atoms with E-state index in [0.29, 0.717) is 11.5 Å². The molecule has 0 radical (unpaired) electrons. The molecule has 7 nitrogen and oxygen atoms in total. The molecule has 1 aliphatic carbocycles. The molecule has 0 unspecified atom stereocenters. The van der Waals surface area contributed by atoms with Crippen LogP contribution < -0.4 is 5.32 Å². The van der Waals surface area contributed by atoms with Crippen LogP contribution in [0.5, 0.6) is 0 Å². The zero-order valence-corrected chi connectivity index (χ0v) is 20.2. The maximum atomic E-state index is 6.53. The van der Waals surface area contributed by atoms with Crippen LogP contribution in [0.4, 0.5) is 0 Å². The number of nitrogens with zero attached hydrogens (tertiary/aromatic N) is 5. The fourth-order valence-electron chi connectivity index (χ4n) is 5.89. The summed E-state index contributed by atoms with van der Waals surface area (Å²) >= 11 is 6.53. The third-order valence-corrected chi connectivity index (χ3v) is 8.34. The van der Waals surface area contributed by atoms with E-state index in [1.165, 1.54) is 12.8 Å².